The molecule has 4 N–H and O–H groups in total. The third-order valence-electron chi connectivity index (χ3n) is 11.4. The quantitative estimate of drug-likeness (QED) is 0.0469. The molecule has 0 aromatic carbocycles. The Morgan fingerprint density at radius 1 is 0.404 bits per heavy atom. The van der Waals surface area contributed by atoms with Crippen LogP contribution >= 0.6 is 0 Å². The van der Waals surface area contributed by atoms with Crippen molar-refractivity contribution in [2.75, 3.05) is 6.61 Å². The second-order valence-corrected chi connectivity index (χ2v) is 16.7. The van der Waals surface area contributed by atoms with Gasteiger partial charge in [-0.15, -0.1) is 0 Å². The molecule has 0 fully saturated rings. The summed E-state index contributed by atoms with van der Waals surface area (Å²) in [6, 6.07) is -0.652. The van der Waals surface area contributed by atoms with Crippen LogP contribution in [0.15, 0.2) is 0 Å². The maximum absolute atomic E-state index is 12.5. The topological polar surface area (TPSA) is 89.8 Å². The minimum absolute atomic E-state index is 0.0429. The Hall–Kier alpha value is -0.650. The second kappa shape index (κ2) is 43.1. The van der Waals surface area contributed by atoms with Crippen molar-refractivity contribution < 1.29 is 20.1 Å². The molecular formula is C47H95NO4. The number of hydrogen-bond donors (Lipinski definition) is 4. The number of unbranched alkanes of at least 4 members (excludes halogenated alkanes) is 35. The standard InChI is InChI=1S/C47H95NO4/c1-3-5-7-9-11-13-15-17-19-20-21-22-23-24-25-27-29-31-33-35-37-39-41-46(51)45(43-49)48-47(52)42-44(50)40-38-36-34-32-30-28-26-18-16-14-12-10-8-6-4-2/h44-46,49-51H,3-43H2,1-2H3,(H,48,52). The minimum Gasteiger partial charge on any atom is -0.394 e. The van der Waals surface area contributed by atoms with Crippen molar-refractivity contribution in [3.63, 3.8) is 0 Å². The van der Waals surface area contributed by atoms with Crippen molar-refractivity contribution in [2.45, 2.75) is 289 Å². The van der Waals surface area contributed by atoms with E-state index >= 15 is 0 Å². The van der Waals surface area contributed by atoms with Crippen molar-refractivity contribution >= 4 is 5.91 Å². The summed E-state index contributed by atoms with van der Waals surface area (Å²) in [6.45, 7) is 4.29. The summed E-state index contributed by atoms with van der Waals surface area (Å²) in [6.07, 6.45) is 49.4. The first-order valence-electron chi connectivity index (χ1n) is 23.8. The van der Waals surface area contributed by atoms with Crippen LogP contribution < -0.4 is 5.32 Å². The predicted octanol–water partition coefficient (Wildman–Crippen LogP) is 13.8. The number of aliphatic hydroxyl groups excluding tert-OH is 3. The van der Waals surface area contributed by atoms with E-state index in [1.165, 1.54) is 212 Å². The lowest BCUT2D eigenvalue weighted by atomic mass is 10.0. The van der Waals surface area contributed by atoms with Gasteiger partial charge in [-0.2, -0.15) is 0 Å². The Morgan fingerprint density at radius 2 is 0.654 bits per heavy atom. The summed E-state index contributed by atoms with van der Waals surface area (Å²) in [4.78, 5) is 12.5. The highest BCUT2D eigenvalue weighted by molar-refractivity contribution is 5.76. The van der Waals surface area contributed by atoms with Gasteiger partial charge in [-0.1, -0.05) is 251 Å². The average molecular weight is 738 g/mol. The van der Waals surface area contributed by atoms with Crippen LogP contribution in [0.5, 0.6) is 0 Å². The highest BCUT2D eigenvalue weighted by atomic mass is 16.3. The van der Waals surface area contributed by atoms with Crippen LogP contribution in [-0.4, -0.2) is 46.1 Å². The number of carbonyl (C=O) groups excluding carboxylic acids is 1. The first kappa shape index (κ1) is 51.4. The molecule has 0 aliphatic heterocycles. The van der Waals surface area contributed by atoms with Gasteiger partial charge in [0, 0.05) is 0 Å². The third-order valence-corrected chi connectivity index (χ3v) is 11.4. The molecule has 0 aromatic heterocycles. The summed E-state index contributed by atoms with van der Waals surface area (Å²) in [5.41, 5.74) is 0. The van der Waals surface area contributed by atoms with Gasteiger partial charge in [0.2, 0.25) is 5.91 Å². The fourth-order valence-electron chi connectivity index (χ4n) is 7.76. The zero-order chi connectivity index (χ0) is 38.0. The van der Waals surface area contributed by atoms with Gasteiger partial charge in [-0.05, 0) is 12.8 Å². The van der Waals surface area contributed by atoms with Gasteiger partial charge in [0.25, 0.3) is 0 Å². The lowest BCUT2D eigenvalue weighted by molar-refractivity contribution is -0.125. The molecule has 3 atom stereocenters. The first-order chi connectivity index (χ1) is 25.5. The Labute approximate surface area is 326 Å². The third kappa shape index (κ3) is 39.1. The summed E-state index contributed by atoms with van der Waals surface area (Å²) in [5, 5.41) is 33.5. The molecule has 0 spiro atoms. The van der Waals surface area contributed by atoms with Crippen LogP contribution in [0.4, 0.5) is 0 Å². The number of carbonyl (C=O) groups is 1. The number of aliphatic hydroxyl groups is 3. The number of nitrogens with one attached hydrogen (secondary N) is 1. The molecule has 0 radical (unpaired) electrons. The maximum Gasteiger partial charge on any atom is 0.222 e. The summed E-state index contributed by atoms with van der Waals surface area (Å²) < 4.78 is 0. The molecule has 0 saturated carbocycles. The van der Waals surface area contributed by atoms with Crippen LogP contribution in [-0.2, 0) is 4.79 Å². The molecule has 5 nitrogen and oxygen atoms in total. The van der Waals surface area contributed by atoms with E-state index in [0.717, 1.165) is 25.7 Å². The lowest BCUT2D eigenvalue weighted by Crippen LogP contribution is -2.46. The van der Waals surface area contributed by atoms with Crippen LogP contribution in [0, 0.1) is 0 Å². The van der Waals surface area contributed by atoms with Gasteiger partial charge in [0.15, 0.2) is 0 Å². The van der Waals surface area contributed by atoms with E-state index in [-0.39, 0.29) is 18.9 Å². The Bertz CT molecular complexity index is 688. The molecule has 0 aliphatic rings. The molecule has 312 valence electrons. The minimum atomic E-state index is -0.744. The molecule has 0 aliphatic carbocycles. The van der Waals surface area contributed by atoms with Crippen molar-refractivity contribution in [1.29, 1.82) is 0 Å². The van der Waals surface area contributed by atoms with Gasteiger partial charge in [0.1, 0.15) is 0 Å². The molecule has 3 unspecified atom stereocenters. The molecule has 0 rings (SSSR count). The largest absolute Gasteiger partial charge is 0.394 e. The fourth-order valence-corrected chi connectivity index (χ4v) is 7.76. The van der Waals surface area contributed by atoms with Crippen molar-refractivity contribution in [3.8, 4) is 0 Å². The van der Waals surface area contributed by atoms with E-state index in [1.54, 1.807) is 0 Å². The molecule has 0 bridgehead atoms. The van der Waals surface area contributed by atoms with Gasteiger partial charge >= 0.3 is 0 Å². The summed E-state index contributed by atoms with van der Waals surface area (Å²) >= 11 is 0. The van der Waals surface area contributed by atoms with E-state index in [4.69, 9.17) is 0 Å². The smallest absolute Gasteiger partial charge is 0.222 e. The Balaban J connectivity index is 3.54. The lowest BCUT2D eigenvalue weighted by Gasteiger charge is -2.23. The predicted molar refractivity (Wildman–Crippen MR) is 227 cm³/mol. The van der Waals surface area contributed by atoms with Crippen molar-refractivity contribution in [1.82, 2.24) is 5.32 Å². The van der Waals surface area contributed by atoms with E-state index in [9.17, 15) is 20.1 Å². The Morgan fingerprint density at radius 3 is 0.923 bits per heavy atom. The number of rotatable bonds is 44. The van der Waals surface area contributed by atoms with E-state index in [2.05, 4.69) is 19.2 Å². The molecule has 1 amide bonds. The molecular weight excluding hydrogens is 643 g/mol. The fraction of sp³-hybridized carbons (Fsp3) is 0.979. The summed E-state index contributed by atoms with van der Waals surface area (Å²) in [5.74, 6) is -0.277. The molecule has 0 saturated heterocycles. The van der Waals surface area contributed by atoms with Gasteiger partial charge < -0.3 is 20.6 Å². The molecule has 0 aromatic rings. The zero-order valence-electron chi connectivity index (χ0n) is 35.5. The van der Waals surface area contributed by atoms with E-state index < -0.39 is 18.2 Å². The van der Waals surface area contributed by atoms with Crippen LogP contribution in [0.1, 0.15) is 271 Å². The first-order valence-corrected chi connectivity index (χ1v) is 23.8. The maximum atomic E-state index is 12.5. The number of hydrogen-bond acceptors (Lipinski definition) is 4. The van der Waals surface area contributed by atoms with Gasteiger partial charge in [0.05, 0.1) is 31.3 Å². The average Bonchev–Trinajstić information content (AvgIpc) is 3.14. The van der Waals surface area contributed by atoms with Gasteiger partial charge in [-0.3, -0.25) is 4.79 Å². The van der Waals surface area contributed by atoms with Crippen LogP contribution in [0.25, 0.3) is 0 Å². The van der Waals surface area contributed by atoms with Gasteiger partial charge in [-0.25, -0.2) is 0 Å². The molecule has 52 heavy (non-hydrogen) atoms. The summed E-state index contributed by atoms with van der Waals surface area (Å²) in [7, 11) is 0. The second-order valence-electron chi connectivity index (χ2n) is 16.7. The normalized spacial score (nSPS) is 13.4. The molecule has 0 heterocycles. The van der Waals surface area contributed by atoms with Crippen LogP contribution in [0.2, 0.25) is 0 Å². The van der Waals surface area contributed by atoms with Crippen LogP contribution in [0.3, 0.4) is 0 Å². The van der Waals surface area contributed by atoms with E-state index in [1.807, 2.05) is 0 Å². The SMILES string of the molecule is CCCCCCCCCCCCCCCCCCCCCCCCC(O)C(CO)NC(=O)CC(O)CCCCCCCCCCCCCCCCC. The highest BCUT2D eigenvalue weighted by Gasteiger charge is 2.21. The van der Waals surface area contributed by atoms with Crippen molar-refractivity contribution in [3.05, 3.63) is 0 Å². The zero-order valence-corrected chi connectivity index (χ0v) is 35.5. The Kier molecular flexibility index (Phi) is 42.5. The highest BCUT2D eigenvalue weighted by Crippen LogP contribution is 2.17. The monoisotopic (exact) mass is 738 g/mol. The number of amides is 1. The van der Waals surface area contributed by atoms with Crippen molar-refractivity contribution in [2.24, 2.45) is 0 Å². The molecule has 5 heteroatoms. The van der Waals surface area contributed by atoms with E-state index in [0.29, 0.717) is 12.8 Å².